The topological polar surface area (TPSA) is 80.6 Å². The number of nitrogens with zero attached hydrogens (tertiary/aromatic N) is 6. The molecule has 4 aromatic rings. The van der Waals surface area contributed by atoms with Crippen molar-refractivity contribution in [2.75, 3.05) is 18.4 Å². The van der Waals surface area contributed by atoms with Gasteiger partial charge in [0.25, 0.3) is 5.56 Å². The highest BCUT2D eigenvalue weighted by Crippen LogP contribution is 2.30. The van der Waals surface area contributed by atoms with E-state index in [0.717, 1.165) is 29.9 Å². The van der Waals surface area contributed by atoms with E-state index in [4.69, 9.17) is 4.98 Å². The molecule has 2 aliphatic rings. The van der Waals surface area contributed by atoms with E-state index in [9.17, 15) is 4.79 Å². The summed E-state index contributed by atoms with van der Waals surface area (Å²) in [6.45, 7) is 12.9. The Labute approximate surface area is 217 Å². The number of anilines is 2. The van der Waals surface area contributed by atoms with Crippen LogP contribution in [0.1, 0.15) is 63.9 Å². The van der Waals surface area contributed by atoms with Gasteiger partial charge in [-0.25, -0.2) is 14.3 Å². The maximum absolute atomic E-state index is 13.4. The molecule has 0 spiro atoms. The average Bonchev–Trinajstić information content (AvgIpc) is 3.67. The predicted molar refractivity (Wildman–Crippen MR) is 147 cm³/mol. The van der Waals surface area contributed by atoms with Gasteiger partial charge in [-0.3, -0.25) is 14.7 Å². The van der Waals surface area contributed by atoms with E-state index in [1.807, 2.05) is 30.7 Å². The average molecular weight is 498 g/mol. The molecule has 192 valence electrons. The Morgan fingerprint density at radius 1 is 1.05 bits per heavy atom. The van der Waals surface area contributed by atoms with Crippen LogP contribution in [0.4, 0.5) is 11.6 Å². The van der Waals surface area contributed by atoms with Crippen LogP contribution in [-0.4, -0.2) is 48.3 Å². The zero-order chi connectivity index (χ0) is 25.9. The van der Waals surface area contributed by atoms with Crippen LogP contribution in [0.25, 0.3) is 16.7 Å². The Morgan fingerprint density at radius 2 is 1.86 bits per heavy atom. The maximum atomic E-state index is 13.4. The summed E-state index contributed by atoms with van der Waals surface area (Å²) in [6.07, 6.45) is 6.92. The molecule has 4 heterocycles. The molecular formula is C29H35N7O. The summed E-state index contributed by atoms with van der Waals surface area (Å²) in [5.74, 6) is 0.477. The molecule has 8 heteroatoms. The summed E-state index contributed by atoms with van der Waals surface area (Å²) in [6, 6.07) is 11.2. The second-order valence-corrected chi connectivity index (χ2v) is 11.7. The molecule has 1 aromatic carbocycles. The van der Waals surface area contributed by atoms with Crippen LogP contribution in [0.15, 0.2) is 47.5 Å². The Bertz CT molecular complexity index is 1540. The molecule has 1 atom stereocenters. The summed E-state index contributed by atoms with van der Waals surface area (Å²) in [5.41, 5.74) is 6.00. The lowest BCUT2D eigenvalue weighted by Crippen LogP contribution is -2.26. The number of nitrogens with one attached hydrogen (secondary N) is 1. The molecule has 1 aliphatic carbocycles. The van der Waals surface area contributed by atoms with Crippen LogP contribution in [0.2, 0.25) is 0 Å². The van der Waals surface area contributed by atoms with Gasteiger partial charge < -0.3 is 5.32 Å². The molecule has 1 aliphatic heterocycles. The van der Waals surface area contributed by atoms with E-state index in [1.165, 1.54) is 30.6 Å². The molecular weight excluding hydrogens is 462 g/mol. The predicted octanol–water partition coefficient (Wildman–Crippen LogP) is 4.77. The van der Waals surface area contributed by atoms with Crippen molar-refractivity contribution in [2.45, 2.75) is 71.4 Å². The molecule has 1 N–H and O–H groups in total. The lowest BCUT2D eigenvalue weighted by Gasteiger charge is -2.26. The number of hydrogen-bond donors (Lipinski definition) is 1. The smallest absolute Gasteiger partial charge is 0.278 e. The van der Waals surface area contributed by atoms with E-state index in [2.05, 4.69) is 59.2 Å². The van der Waals surface area contributed by atoms with Crippen LogP contribution in [0.5, 0.6) is 0 Å². The summed E-state index contributed by atoms with van der Waals surface area (Å²) in [5, 5.41) is 3.91. The van der Waals surface area contributed by atoms with Crippen LogP contribution >= 0.6 is 0 Å². The highest BCUT2D eigenvalue weighted by atomic mass is 16.1. The molecule has 1 saturated heterocycles. The van der Waals surface area contributed by atoms with Gasteiger partial charge in [0.2, 0.25) is 5.95 Å². The molecule has 0 amide bonds. The highest BCUT2D eigenvalue weighted by Gasteiger charge is 2.30. The number of hydrogen-bond acceptors (Lipinski definition) is 6. The minimum absolute atomic E-state index is 0.0554. The fraction of sp³-hybridized carbons (Fsp3) is 0.448. The Hall–Kier alpha value is -3.52. The van der Waals surface area contributed by atoms with Crippen LogP contribution in [0, 0.1) is 0 Å². The minimum Gasteiger partial charge on any atom is -0.324 e. The lowest BCUT2D eigenvalue weighted by molar-refractivity contribution is 0.359. The molecule has 0 radical (unpaired) electrons. The largest absolute Gasteiger partial charge is 0.324 e. The van der Waals surface area contributed by atoms with E-state index in [-0.39, 0.29) is 17.0 Å². The molecule has 0 bridgehead atoms. The van der Waals surface area contributed by atoms with Gasteiger partial charge in [0.1, 0.15) is 5.39 Å². The zero-order valence-electron chi connectivity index (χ0n) is 22.3. The lowest BCUT2D eigenvalue weighted by atomic mass is 9.88. The third kappa shape index (κ3) is 4.44. The van der Waals surface area contributed by atoms with Crippen molar-refractivity contribution in [1.82, 2.24) is 29.2 Å². The van der Waals surface area contributed by atoms with Crippen LogP contribution in [0.3, 0.4) is 0 Å². The van der Waals surface area contributed by atoms with E-state index < -0.39 is 0 Å². The summed E-state index contributed by atoms with van der Waals surface area (Å²) >= 11 is 0. The second-order valence-electron chi connectivity index (χ2n) is 11.7. The number of aromatic nitrogens is 5. The molecule has 3 aromatic heterocycles. The van der Waals surface area contributed by atoms with E-state index in [0.29, 0.717) is 23.0 Å². The second kappa shape index (κ2) is 8.80. The van der Waals surface area contributed by atoms with Gasteiger partial charge in [-0.1, -0.05) is 26.8 Å². The van der Waals surface area contributed by atoms with Crippen LogP contribution in [-0.2, 0) is 18.3 Å². The Balaban J connectivity index is 1.40. The van der Waals surface area contributed by atoms with Crippen molar-refractivity contribution in [2.24, 2.45) is 0 Å². The first-order valence-electron chi connectivity index (χ1n) is 13.3. The van der Waals surface area contributed by atoms with Crippen molar-refractivity contribution in [3.63, 3.8) is 0 Å². The zero-order valence-corrected chi connectivity index (χ0v) is 22.3. The normalized spacial score (nSPS) is 17.8. The quantitative estimate of drug-likeness (QED) is 0.400. The van der Waals surface area contributed by atoms with Gasteiger partial charge in [-0.15, -0.1) is 0 Å². The minimum atomic E-state index is -0.119. The molecule has 1 fully saturated rings. The van der Waals surface area contributed by atoms with Gasteiger partial charge in [-0.2, -0.15) is 4.98 Å². The van der Waals surface area contributed by atoms with Crippen molar-refractivity contribution < 1.29 is 0 Å². The third-order valence-electron chi connectivity index (χ3n) is 7.53. The SMILES string of the molecule is CC(C)n1c(=O)c2cnc(Nc3ccc4c(c3)CC(N3CC3)CC4)nc2n1-c1ccnc(C(C)(C)C)c1. The highest BCUT2D eigenvalue weighted by molar-refractivity contribution is 5.77. The molecule has 8 nitrogen and oxygen atoms in total. The Morgan fingerprint density at radius 3 is 2.59 bits per heavy atom. The van der Waals surface area contributed by atoms with Crippen molar-refractivity contribution in [3.8, 4) is 5.69 Å². The Kier molecular flexibility index (Phi) is 5.67. The molecule has 1 unspecified atom stereocenters. The number of benzene rings is 1. The fourth-order valence-corrected chi connectivity index (χ4v) is 5.41. The van der Waals surface area contributed by atoms with E-state index >= 15 is 0 Å². The molecule has 0 saturated carbocycles. The number of rotatable bonds is 5. The van der Waals surface area contributed by atoms with E-state index in [1.54, 1.807) is 17.1 Å². The third-order valence-corrected chi connectivity index (χ3v) is 7.53. The number of fused-ring (bicyclic) bond motifs is 2. The summed E-state index contributed by atoms with van der Waals surface area (Å²) in [7, 11) is 0. The van der Waals surface area contributed by atoms with Crippen molar-refractivity contribution in [3.05, 3.63) is 69.9 Å². The van der Waals surface area contributed by atoms with Gasteiger partial charge in [-0.05, 0) is 68.5 Å². The van der Waals surface area contributed by atoms with Gasteiger partial charge >= 0.3 is 0 Å². The van der Waals surface area contributed by atoms with Crippen molar-refractivity contribution >= 4 is 22.7 Å². The van der Waals surface area contributed by atoms with Gasteiger partial charge in [0, 0.05) is 54.4 Å². The molecule has 6 rings (SSSR count). The first-order valence-corrected chi connectivity index (χ1v) is 13.3. The van der Waals surface area contributed by atoms with Crippen LogP contribution < -0.4 is 10.9 Å². The number of pyridine rings is 1. The first kappa shape index (κ1) is 23.9. The fourth-order valence-electron chi connectivity index (χ4n) is 5.41. The van der Waals surface area contributed by atoms with Crippen molar-refractivity contribution in [1.29, 1.82) is 0 Å². The van der Waals surface area contributed by atoms with Gasteiger partial charge in [0.15, 0.2) is 5.65 Å². The summed E-state index contributed by atoms with van der Waals surface area (Å²) in [4.78, 5) is 29.9. The summed E-state index contributed by atoms with van der Waals surface area (Å²) < 4.78 is 3.66. The maximum Gasteiger partial charge on any atom is 0.278 e. The standard InChI is InChI=1S/C29H35N7O/c1-18(2)35-27(37)24-17-31-28(33-26(24)36(35)23-10-11-30-25(16-23)29(3,4)5)32-21-8-6-19-7-9-22(34-12-13-34)15-20(19)14-21/h6,8,10-11,14,16-18,22H,7,9,12-13,15H2,1-5H3,(H,31,32,33). The monoisotopic (exact) mass is 497 g/mol. The van der Waals surface area contributed by atoms with Gasteiger partial charge in [0.05, 0.1) is 5.69 Å². The first-order chi connectivity index (χ1) is 17.7. The molecule has 37 heavy (non-hydrogen) atoms. The number of aryl methyl sites for hydroxylation is 1.